The Balaban J connectivity index is 2.00. The predicted molar refractivity (Wildman–Crippen MR) is 89.2 cm³/mol. The molecular weight excluding hydrogens is 276 g/mol. The van der Waals surface area contributed by atoms with Crippen molar-refractivity contribution >= 4 is 5.91 Å². The molecule has 0 N–H and O–H groups in total. The fourth-order valence-electron chi connectivity index (χ4n) is 3.37. The molecule has 0 radical (unpaired) electrons. The van der Waals surface area contributed by atoms with Crippen molar-refractivity contribution in [3.05, 3.63) is 29.8 Å². The summed E-state index contributed by atoms with van der Waals surface area (Å²) in [7, 11) is 5.88. The second kappa shape index (κ2) is 7.63. The molecule has 0 saturated carbocycles. The van der Waals surface area contributed by atoms with Crippen LogP contribution >= 0.6 is 0 Å². The van der Waals surface area contributed by atoms with Crippen LogP contribution in [0.3, 0.4) is 0 Å². The van der Waals surface area contributed by atoms with Crippen molar-refractivity contribution in [2.75, 3.05) is 34.3 Å². The molecule has 0 unspecified atom stereocenters. The van der Waals surface area contributed by atoms with Gasteiger partial charge in [-0.3, -0.25) is 4.79 Å². The smallest absolute Gasteiger partial charge is 0.227 e. The van der Waals surface area contributed by atoms with Gasteiger partial charge in [-0.25, -0.2) is 0 Å². The van der Waals surface area contributed by atoms with E-state index in [-0.39, 0.29) is 5.91 Å². The van der Waals surface area contributed by atoms with Crippen molar-refractivity contribution in [2.24, 2.45) is 5.92 Å². The van der Waals surface area contributed by atoms with E-state index in [1.165, 1.54) is 12.8 Å². The highest BCUT2D eigenvalue weighted by Crippen LogP contribution is 2.25. The molecule has 0 bridgehead atoms. The average Bonchev–Trinajstić information content (AvgIpc) is 2.92. The van der Waals surface area contributed by atoms with E-state index >= 15 is 0 Å². The van der Waals surface area contributed by atoms with E-state index in [0.29, 0.717) is 18.4 Å². The van der Waals surface area contributed by atoms with Gasteiger partial charge in [-0.1, -0.05) is 25.5 Å². The van der Waals surface area contributed by atoms with Crippen LogP contribution in [0.4, 0.5) is 0 Å². The van der Waals surface area contributed by atoms with Gasteiger partial charge < -0.3 is 14.5 Å². The number of carbonyl (C=O) groups excluding carboxylic acids is 1. The van der Waals surface area contributed by atoms with E-state index < -0.39 is 0 Å². The van der Waals surface area contributed by atoms with Gasteiger partial charge in [0.25, 0.3) is 0 Å². The number of methoxy groups -OCH3 is 1. The summed E-state index contributed by atoms with van der Waals surface area (Å²) in [6.07, 6.45) is 2.81. The normalized spacial score (nSPS) is 21.4. The van der Waals surface area contributed by atoms with Gasteiger partial charge in [-0.2, -0.15) is 0 Å². The average molecular weight is 304 g/mol. The van der Waals surface area contributed by atoms with Crippen molar-refractivity contribution in [1.29, 1.82) is 0 Å². The Labute approximate surface area is 134 Å². The quantitative estimate of drug-likeness (QED) is 0.809. The molecule has 1 aromatic rings. The van der Waals surface area contributed by atoms with Gasteiger partial charge in [0.05, 0.1) is 13.5 Å². The molecule has 4 heteroatoms. The first kappa shape index (κ1) is 16.8. The first-order chi connectivity index (χ1) is 10.5. The van der Waals surface area contributed by atoms with Crippen LogP contribution in [0.1, 0.15) is 25.3 Å². The van der Waals surface area contributed by atoms with Crippen LogP contribution in [0.15, 0.2) is 24.3 Å². The molecule has 1 aromatic carbocycles. The minimum atomic E-state index is 0.221. The van der Waals surface area contributed by atoms with Gasteiger partial charge in [0.15, 0.2) is 0 Å². The summed E-state index contributed by atoms with van der Waals surface area (Å²) in [5, 5.41) is 0. The zero-order valence-corrected chi connectivity index (χ0v) is 14.2. The molecule has 1 heterocycles. The second-order valence-electron chi connectivity index (χ2n) is 6.41. The first-order valence-electron chi connectivity index (χ1n) is 8.12. The number of likely N-dealkylation sites (tertiary alicyclic amines) is 1. The van der Waals surface area contributed by atoms with Crippen molar-refractivity contribution in [1.82, 2.24) is 9.80 Å². The standard InChI is InChI=1S/C18H28N2O2/c1-5-7-15-12-20(13-17(15)19(2)3)18(21)11-14-8-6-9-16(10-14)22-4/h6,8-10,15,17H,5,7,11-13H2,1-4H3/t15-,17-/m1/s1. The van der Waals surface area contributed by atoms with Gasteiger partial charge >= 0.3 is 0 Å². The molecule has 1 saturated heterocycles. The molecule has 1 amide bonds. The Hall–Kier alpha value is -1.55. The number of benzene rings is 1. The Morgan fingerprint density at radius 3 is 2.77 bits per heavy atom. The maximum atomic E-state index is 12.6. The molecule has 122 valence electrons. The maximum Gasteiger partial charge on any atom is 0.227 e. The van der Waals surface area contributed by atoms with Crippen LogP contribution in [-0.4, -0.2) is 56.0 Å². The fourth-order valence-corrected chi connectivity index (χ4v) is 3.37. The van der Waals surface area contributed by atoms with Crippen molar-refractivity contribution in [3.63, 3.8) is 0 Å². The highest BCUT2D eigenvalue weighted by atomic mass is 16.5. The molecule has 0 aromatic heterocycles. The summed E-state index contributed by atoms with van der Waals surface area (Å²) < 4.78 is 5.23. The largest absolute Gasteiger partial charge is 0.497 e. The molecule has 0 aliphatic carbocycles. The van der Waals surface area contributed by atoms with Crippen LogP contribution in [0.5, 0.6) is 5.75 Å². The van der Waals surface area contributed by atoms with Crippen molar-refractivity contribution < 1.29 is 9.53 Å². The van der Waals surface area contributed by atoms with Gasteiger partial charge in [0.2, 0.25) is 5.91 Å². The summed E-state index contributed by atoms with van der Waals surface area (Å²) in [5.41, 5.74) is 1.02. The van der Waals surface area contributed by atoms with Crippen LogP contribution < -0.4 is 4.74 Å². The zero-order valence-electron chi connectivity index (χ0n) is 14.2. The molecule has 22 heavy (non-hydrogen) atoms. The third-order valence-corrected chi connectivity index (χ3v) is 4.57. The second-order valence-corrected chi connectivity index (χ2v) is 6.41. The van der Waals surface area contributed by atoms with E-state index in [0.717, 1.165) is 24.4 Å². The molecule has 2 atom stereocenters. The number of rotatable bonds is 6. The number of hydrogen-bond donors (Lipinski definition) is 0. The Kier molecular flexibility index (Phi) is 5.83. The van der Waals surface area contributed by atoms with E-state index in [1.807, 2.05) is 29.2 Å². The van der Waals surface area contributed by atoms with Crippen LogP contribution in [0.2, 0.25) is 0 Å². The lowest BCUT2D eigenvalue weighted by Crippen LogP contribution is -2.36. The Morgan fingerprint density at radius 2 is 2.14 bits per heavy atom. The van der Waals surface area contributed by atoms with Crippen molar-refractivity contribution in [2.45, 2.75) is 32.2 Å². The van der Waals surface area contributed by atoms with Crippen molar-refractivity contribution in [3.8, 4) is 5.75 Å². The van der Waals surface area contributed by atoms with E-state index in [4.69, 9.17) is 4.74 Å². The summed E-state index contributed by atoms with van der Waals surface area (Å²) in [4.78, 5) is 16.9. The van der Waals surface area contributed by atoms with Gasteiger partial charge in [-0.05, 0) is 44.1 Å². The minimum absolute atomic E-state index is 0.221. The van der Waals surface area contributed by atoms with Gasteiger partial charge in [0, 0.05) is 19.1 Å². The number of nitrogens with zero attached hydrogens (tertiary/aromatic N) is 2. The molecule has 1 aliphatic rings. The monoisotopic (exact) mass is 304 g/mol. The molecule has 4 nitrogen and oxygen atoms in total. The van der Waals surface area contributed by atoms with Crippen LogP contribution in [-0.2, 0) is 11.2 Å². The lowest BCUT2D eigenvalue weighted by molar-refractivity contribution is -0.129. The topological polar surface area (TPSA) is 32.8 Å². The number of amides is 1. The highest BCUT2D eigenvalue weighted by Gasteiger charge is 2.35. The Bertz CT molecular complexity index is 502. The lowest BCUT2D eigenvalue weighted by Gasteiger charge is -2.24. The van der Waals surface area contributed by atoms with Gasteiger partial charge in [0.1, 0.15) is 5.75 Å². The summed E-state index contributed by atoms with van der Waals surface area (Å²) in [6, 6.07) is 8.26. The summed E-state index contributed by atoms with van der Waals surface area (Å²) in [6.45, 7) is 3.95. The number of carbonyl (C=O) groups is 1. The molecule has 1 aliphatic heterocycles. The molecule has 0 spiro atoms. The lowest BCUT2D eigenvalue weighted by atomic mass is 9.98. The maximum absolute atomic E-state index is 12.6. The third kappa shape index (κ3) is 4.01. The first-order valence-corrected chi connectivity index (χ1v) is 8.12. The van der Waals surface area contributed by atoms with Crippen LogP contribution in [0.25, 0.3) is 0 Å². The Morgan fingerprint density at radius 1 is 1.36 bits per heavy atom. The van der Waals surface area contributed by atoms with Gasteiger partial charge in [-0.15, -0.1) is 0 Å². The summed E-state index contributed by atoms with van der Waals surface area (Å²) >= 11 is 0. The SMILES string of the molecule is CCC[C@@H]1CN(C(=O)Cc2cccc(OC)c2)C[C@H]1N(C)C. The summed E-state index contributed by atoms with van der Waals surface area (Å²) in [5.74, 6) is 1.62. The van der Waals surface area contributed by atoms with E-state index in [9.17, 15) is 4.79 Å². The number of likely N-dealkylation sites (N-methyl/N-ethyl adjacent to an activating group) is 1. The van der Waals surface area contributed by atoms with E-state index in [2.05, 4.69) is 25.9 Å². The number of ether oxygens (including phenoxy) is 1. The van der Waals surface area contributed by atoms with Crippen LogP contribution in [0, 0.1) is 5.92 Å². The zero-order chi connectivity index (χ0) is 16.1. The molecule has 2 rings (SSSR count). The molecular formula is C18H28N2O2. The molecule has 1 fully saturated rings. The minimum Gasteiger partial charge on any atom is -0.497 e. The third-order valence-electron chi connectivity index (χ3n) is 4.57. The fraction of sp³-hybridized carbons (Fsp3) is 0.611. The number of hydrogen-bond acceptors (Lipinski definition) is 3. The predicted octanol–water partition coefficient (Wildman–Crippen LogP) is 2.43. The van der Waals surface area contributed by atoms with E-state index in [1.54, 1.807) is 7.11 Å². The highest BCUT2D eigenvalue weighted by molar-refractivity contribution is 5.79.